The van der Waals surface area contributed by atoms with Gasteiger partial charge in [0.2, 0.25) is 0 Å². The molecule has 4 nitrogen and oxygen atoms in total. The fraction of sp³-hybridized carbons (Fsp3) is 0.875. The van der Waals surface area contributed by atoms with Crippen molar-refractivity contribution in [1.82, 2.24) is 10.2 Å². The lowest BCUT2D eigenvalue weighted by molar-refractivity contribution is -0.152. The molecule has 0 saturated carbocycles. The molecule has 0 aromatic carbocycles. The van der Waals surface area contributed by atoms with Crippen LogP contribution in [0.5, 0.6) is 0 Å². The number of piperidine rings is 1. The molecule has 0 amide bonds. The molecule has 2 heterocycles. The summed E-state index contributed by atoms with van der Waals surface area (Å²) in [6.45, 7) is 2.29. The van der Waals surface area contributed by atoms with Crippen LogP contribution in [0.1, 0.15) is 12.8 Å². The summed E-state index contributed by atoms with van der Waals surface area (Å²) in [5.41, 5.74) is -0.357. The van der Waals surface area contributed by atoms with Crippen molar-refractivity contribution >= 4 is 5.97 Å². The molecule has 0 aromatic rings. The number of likely N-dealkylation sites (tertiary alicyclic amines) is 1. The molecule has 2 saturated heterocycles. The Morgan fingerprint density at radius 3 is 3.08 bits per heavy atom. The van der Waals surface area contributed by atoms with Crippen molar-refractivity contribution in [3.05, 3.63) is 0 Å². The van der Waals surface area contributed by atoms with Crippen molar-refractivity contribution in [2.45, 2.75) is 18.6 Å². The lowest BCUT2D eigenvalue weighted by Gasteiger charge is -2.36. The van der Waals surface area contributed by atoms with Gasteiger partial charge in [-0.3, -0.25) is 10.1 Å². The number of hydrogen-bond acceptors (Lipinski definition) is 4. The molecule has 1 N–H and O–H groups in total. The Balaban J connectivity index is 2.05. The number of carbonyl (C=O) groups is 1. The van der Waals surface area contributed by atoms with E-state index in [1.54, 1.807) is 0 Å². The zero-order valence-corrected chi connectivity index (χ0v) is 7.30. The third-order valence-electron chi connectivity index (χ3n) is 2.51. The number of ether oxygens (including phenoxy) is 1. The molecular formula is C8H14N2O2. The molecule has 0 aromatic heterocycles. The zero-order chi connectivity index (χ0) is 8.60. The summed E-state index contributed by atoms with van der Waals surface area (Å²) in [6.07, 6.45) is 2.04. The molecule has 68 valence electrons. The van der Waals surface area contributed by atoms with Crippen LogP contribution in [0.15, 0.2) is 0 Å². The smallest absolute Gasteiger partial charge is 0.321 e. The quantitative estimate of drug-likeness (QED) is 0.500. The van der Waals surface area contributed by atoms with Crippen LogP contribution < -0.4 is 5.32 Å². The summed E-state index contributed by atoms with van der Waals surface area (Å²) < 4.78 is 5.27. The molecule has 0 bridgehead atoms. The number of carbonyl (C=O) groups excluding carboxylic acids is 1. The summed E-state index contributed by atoms with van der Waals surface area (Å²) in [7, 11) is 2.05. The van der Waals surface area contributed by atoms with Crippen LogP contribution in [-0.4, -0.2) is 43.3 Å². The van der Waals surface area contributed by atoms with Gasteiger partial charge >= 0.3 is 5.97 Å². The number of nitrogens with zero attached hydrogens (tertiary/aromatic N) is 1. The van der Waals surface area contributed by atoms with E-state index in [0.717, 1.165) is 25.9 Å². The number of likely N-dealkylation sites (N-methyl/N-ethyl adjacent to an activating group) is 1. The third-order valence-corrected chi connectivity index (χ3v) is 2.51. The Morgan fingerprint density at radius 1 is 1.67 bits per heavy atom. The first-order valence-electron chi connectivity index (χ1n) is 4.36. The highest BCUT2D eigenvalue weighted by Gasteiger charge is 2.42. The average Bonchev–Trinajstić information content (AvgIpc) is 2.32. The van der Waals surface area contributed by atoms with Crippen LogP contribution >= 0.6 is 0 Å². The summed E-state index contributed by atoms with van der Waals surface area (Å²) in [6, 6.07) is 0. The van der Waals surface area contributed by atoms with Crippen molar-refractivity contribution < 1.29 is 9.53 Å². The number of nitrogens with one attached hydrogen (secondary N) is 1. The van der Waals surface area contributed by atoms with Gasteiger partial charge in [0.25, 0.3) is 0 Å². The Labute approximate surface area is 71.9 Å². The lowest BCUT2D eigenvalue weighted by Crippen LogP contribution is -2.53. The van der Waals surface area contributed by atoms with Gasteiger partial charge in [0.1, 0.15) is 0 Å². The minimum atomic E-state index is -0.357. The van der Waals surface area contributed by atoms with Crippen LogP contribution in [0.2, 0.25) is 0 Å². The molecular weight excluding hydrogens is 156 g/mol. The van der Waals surface area contributed by atoms with Gasteiger partial charge in [-0.05, 0) is 20.0 Å². The lowest BCUT2D eigenvalue weighted by atomic mass is 10.0. The van der Waals surface area contributed by atoms with E-state index in [0.29, 0.717) is 6.54 Å². The first-order chi connectivity index (χ1) is 5.70. The molecule has 0 aliphatic carbocycles. The van der Waals surface area contributed by atoms with Gasteiger partial charge in [-0.2, -0.15) is 0 Å². The van der Waals surface area contributed by atoms with E-state index in [1.807, 2.05) is 0 Å². The predicted molar refractivity (Wildman–Crippen MR) is 43.6 cm³/mol. The van der Waals surface area contributed by atoms with Gasteiger partial charge in [0, 0.05) is 6.42 Å². The van der Waals surface area contributed by atoms with E-state index in [-0.39, 0.29) is 11.7 Å². The number of hydrogen-bond donors (Lipinski definition) is 1. The SMILES string of the molecule is CN1CCCC2(C1)NCC(=O)O2. The van der Waals surface area contributed by atoms with Crippen molar-refractivity contribution in [1.29, 1.82) is 0 Å². The fourth-order valence-electron chi connectivity index (χ4n) is 1.98. The summed E-state index contributed by atoms with van der Waals surface area (Å²) in [5.74, 6) is -0.120. The maximum atomic E-state index is 10.9. The van der Waals surface area contributed by atoms with Crippen LogP contribution in [0, 0.1) is 0 Å². The van der Waals surface area contributed by atoms with Crippen LogP contribution in [0.4, 0.5) is 0 Å². The largest absolute Gasteiger partial charge is 0.442 e. The topological polar surface area (TPSA) is 41.6 Å². The maximum Gasteiger partial charge on any atom is 0.321 e. The summed E-state index contributed by atoms with van der Waals surface area (Å²) in [4.78, 5) is 13.1. The Morgan fingerprint density at radius 2 is 2.50 bits per heavy atom. The first kappa shape index (κ1) is 8.01. The predicted octanol–water partition coefficient (Wildman–Crippen LogP) is -0.445. The summed E-state index contributed by atoms with van der Waals surface area (Å²) >= 11 is 0. The third kappa shape index (κ3) is 1.32. The van der Waals surface area contributed by atoms with E-state index in [2.05, 4.69) is 17.3 Å². The maximum absolute atomic E-state index is 10.9. The van der Waals surface area contributed by atoms with E-state index in [9.17, 15) is 4.79 Å². The Kier molecular flexibility index (Phi) is 1.81. The highest BCUT2D eigenvalue weighted by molar-refractivity contribution is 5.74. The molecule has 12 heavy (non-hydrogen) atoms. The minimum Gasteiger partial charge on any atom is -0.442 e. The zero-order valence-electron chi connectivity index (χ0n) is 7.30. The van der Waals surface area contributed by atoms with Gasteiger partial charge in [-0.1, -0.05) is 0 Å². The second kappa shape index (κ2) is 2.71. The molecule has 1 atom stereocenters. The Hall–Kier alpha value is -0.610. The molecule has 2 aliphatic rings. The summed E-state index contributed by atoms with van der Waals surface area (Å²) in [5, 5.41) is 3.14. The van der Waals surface area contributed by atoms with E-state index < -0.39 is 0 Å². The monoisotopic (exact) mass is 170 g/mol. The molecule has 4 heteroatoms. The van der Waals surface area contributed by atoms with Gasteiger partial charge in [-0.25, -0.2) is 0 Å². The van der Waals surface area contributed by atoms with Gasteiger partial charge in [0.05, 0.1) is 13.1 Å². The molecule has 2 rings (SSSR count). The number of rotatable bonds is 0. The molecule has 1 spiro atoms. The van der Waals surface area contributed by atoms with Crippen molar-refractivity contribution in [2.24, 2.45) is 0 Å². The molecule has 0 radical (unpaired) electrons. The second-order valence-corrected chi connectivity index (χ2v) is 3.66. The van der Waals surface area contributed by atoms with Crippen molar-refractivity contribution in [3.8, 4) is 0 Å². The minimum absolute atomic E-state index is 0.120. The van der Waals surface area contributed by atoms with E-state index >= 15 is 0 Å². The van der Waals surface area contributed by atoms with E-state index in [4.69, 9.17) is 4.74 Å². The van der Waals surface area contributed by atoms with Crippen LogP contribution in [-0.2, 0) is 9.53 Å². The van der Waals surface area contributed by atoms with E-state index in [1.165, 1.54) is 0 Å². The molecule has 1 unspecified atom stereocenters. The molecule has 2 fully saturated rings. The molecule has 2 aliphatic heterocycles. The highest BCUT2D eigenvalue weighted by Crippen LogP contribution is 2.24. The number of esters is 1. The standard InChI is InChI=1S/C8H14N2O2/c1-10-4-2-3-8(6-10)9-5-7(11)12-8/h9H,2-6H2,1H3. The van der Waals surface area contributed by atoms with Gasteiger partial charge < -0.3 is 9.64 Å². The second-order valence-electron chi connectivity index (χ2n) is 3.66. The van der Waals surface area contributed by atoms with Gasteiger partial charge in [0.15, 0.2) is 5.72 Å². The normalized spacial score (nSPS) is 37.2. The average molecular weight is 170 g/mol. The fourth-order valence-corrected chi connectivity index (χ4v) is 1.98. The highest BCUT2D eigenvalue weighted by atomic mass is 16.6. The first-order valence-corrected chi connectivity index (χ1v) is 4.36. The van der Waals surface area contributed by atoms with Crippen LogP contribution in [0.3, 0.4) is 0 Å². The van der Waals surface area contributed by atoms with Gasteiger partial charge in [-0.15, -0.1) is 0 Å². The van der Waals surface area contributed by atoms with Crippen molar-refractivity contribution in [3.63, 3.8) is 0 Å². The van der Waals surface area contributed by atoms with Crippen LogP contribution in [0.25, 0.3) is 0 Å². The Bertz CT molecular complexity index is 207. The van der Waals surface area contributed by atoms with Crippen molar-refractivity contribution in [2.75, 3.05) is 26.7 Å².